The highest BCUT2D eigenvalue weighted by Crippen LogP contribution is 2.42. The molecule has 0 saturated carbocycles. The first-order valence-corrected chi connectivity index (χ1v) is 11.4. The number of carbonyl (C=O) groups is 1. The first-order valence-electron chi connectivity index (χ1n) is 9.80. The van der Waals surface area contributed by atoms with Crippen LogP contribution in [0.2, 0.25) is 10.0 Å². The van der Waals surface area contributed by atoms with Crippen LogP contribution in [0.3, 0.4) is 0 Å². The molecule has 3 aromatic rings. The minimum Gasteiger partial charge on any atom is -0.352 e. The van der Waals surface area contributed by atoms with E-state index in [9.17, 15) is 4.79 Å². The number of halogens is 2. The maximum Gasteiger partial charge on any atom is 0.251 e. The molecule has 3 aromatic carbocycles. The lowest BCUT2D eigenvalue weighted by atomic mass is 10.0. The fraction of sp³-hybridized carbons (Fsp3) is 0.167. The van der Waals surface area contributed by atoms with Crippen molar-refractivity contribution >= 4 is 52.3 Å². The van der Waals surface area contributed by atoms with Crippen molar-refractivity contribution in [2.45, 2.75) is 29.6 Å². The van der Waals surface area contributed by atoms with Crippen molar-refractivity contribution in [3.8, 4) is 0 Å². The Balaban J connectivity index is 1.80. The second-order valence-electron chi connectivity index (χ2n) is 7.00. The molecule has 1 aliphatic heterocycles. The van der Waals surface area contributed by atoms with Gasteiger partial charge in [0.1, 0.15) is 0 Å². The molecule has 3 nitrogen and oxygen atoms in total. The molecule has 0 spiro atoms. The summed E-state index contributed by atoms with van der Waals surface area (Å²) in [6, 6.07) is 19.1. The average molecular weight is 455 g/mol. The number of fused-ring (bicyclic) bond motifs is 2. The fourth-order valence-electron chi connectivity index (χ4n) is 3.22. The number of hydrogen-bond donors (Lipinski definition) is 1. The third-order valence-electron chi connectivity index (χ3n) is 4.80. The van der Waals surface area contributed by atoms with Crippen LogP contribution in [0.25, 0.3) is 0 Å². The van der Waals surface area contributed by atoms with Crippen molar-refractivity contribution in [3.05, 3.63) is 87.4 Å². The van der Waals surface area contributed by atoms with Crippen LogP contribution in [0.15, 0.2) is 75.4 Å². The zero-order valence-corrected chi connectivity index (χ0v) is 18.7. The van der Waals surface area contributed by atoms with Crippen molar-refractivity contribution in [3.63, 3.8) is 0 Å². The molecule has 1 N–H and O–H groups in total. The van der Waals surface area contributed by atoms with E-state index >= 15 is 0 Å². The Bertz CT molecular complexity index is 1130. The minimum absolute atomic E-state index is 0.0794. The highest BCUT2D eigenvalue weighted by Gasteiger charge is 2.20. The summed E-state index contributed by atoms with van der Waals surface area (Å²) in [5.41, 5.74) is 4.07. The summed E-state index contributed by atoms with van der Waals surface area (Å²) < 4.78 is 0. The van der Waals surface area contributed by atoms with Gasteiger partial charge in [-0.2, -0.15) is 0 Å². The second-order valence-corrected chi connectivity index (χ2v) is 8.96. The molecule has 6 heteroatoms. The molecule has 4 rings (SSSR count). The fourth-order valence-corrected chi connectivity index (χ4v) is 4.50. The Hall–Kier alpha value is -2.27. The van der Waals surface area contributed by atoms with E-state index in [0.717, 1.165) is 45.2 Å². The number of amides is 1. The van der Waals surface area contributed by atoms with Crippen LogP contribution in [0.4, 0.5) is 5.69 Å². The average Bonchev–Trinajstić information content (AvgIpc) is 2.90. The van der Waals surface area contributed by atoms with Gasteiger partial charge < -0.3 is 5.32 Å². The number of benzene rings is 3. The monoisotopic (exact) mass is 454 g/mol. The van der Waals surface area contributed by atoms with Gasteiger partial charge in [-0.3, -0.25) is 4.79 Å². The summed E-state index contributed by atoms with van der Waals surface area (Å²) in [6.45, 7) is 2.77. The van der Waals surface area contributed by atoms with Gasteiger partial charge in [0.15, 0.2) is 0 Å². The topological polar surface area (TPSA) is 41.5 Å². The Kier molecular flexibility index (Phi) is 6.47. The van der Waals surface area contributed by atoms with Crippen LogP contribution in [-0.4, -0.2) is 18.2 Å². The van der Waals surface area contributed by atoms with E-state index in [2.05, 4.69) is 12.2 Å². The van der Waals surface area contributed by atoms with Crippen LogP contribution in [0.5, 0.6) is 0 Å². The van der Waals surface area contributed by atoms with E-state index in [4.69, 9.17) is 28.2 Å². The van der Waals surface area contributed by atoms with Crippen LogP contribution in [0.1, 0.15) is 41.3 Å². The molecule has 0 saturated heterocycles. The van der Waals surface area contributed by atoms with Crippen molar-refractivity contribution in [1.82, 2.24) is 5.32 Å². The molecule has 0 fully saturated rings. The van der Waals surface area contributed by atoms with E-state index in [1.54, 1.807) is 11.8 Å². The van der Waals surface area contributed by atoms with E-state index in [0.29, 0.717) is 22.2 Å². The molecule has 30 heavy (non-hydrogen) atoms. The van der Waals surface area contributed by atoms with Gasteiger partial charge in [-0.15, -0.1) is 0 Å². The lowest BCUT2D eigenvalue weighted by molar-refractivity contribution is 0.0953. The molecule has 0 bridgehead atoms. The lowest BCUT2D eigenvalue weighted by Crippen LogP contribution is -2.24. The van der Waals surface area contributed by atoms with Crippen molar-refractivity contribution in [2.24, 2.45) is 4.99 Å². The SMILES string of the molecule is CCCCNC(=O)c1ccc2c(c1)N=C(c1ccc(Cl)cc1)c1cc(Cl)ccc1S2. The van der Waals surface area contributed by atoms with Gasteiger partial charge in [-0.1, -0.05) is 60.4 Å². The summed E-state index contributed by atoms with van der Waals surface area (Å²) in [7, 11) is 0. The van der Waals surface area contributed by atoms with Crippen LogP contribution in [0, 0.1) is 0 Å². The molecule has 0 aromatic heterocycles. The van der Waals surface area contributed by atoms with Crippen LogP contribution >= 0.6 is 35.0 Å². The first-order chi connectivity index (χ1) is 14.5. The van der Waals surface area contributed by atoms with E-state index in [1.165, 1.54) is 0 Å². The van der Waals surface area contributed by atoms with Crippen molar-refractivity contribution in [1.29, 1.82) is 0 Å². The quantitative estimate of drug-likeness (QED) is 0.325. The summed E-state index contributed by atoms with van der Waals surface area (Å²) in [5, 5.41) is 4.29. The number of aliphatic imine (C=N–C) groups is 1. The molecule has 152 valence electrons. The molecular weight excluding hydrogens is 435 g/mol. The highest BCUT2D eigenvalue weighted by molar-refractivity contribution is 7.99. The summed E-state index contributed by atoms with van der Waals surface area (Å²) >= 11 is 14.0. The largest absolute Gasteiger partial charge is 0.352 e. The Labute approximate surface area is 190 Å². The summed E-state index contributed by atoms with van der Waals surface area (Å²) in [5.74, 6) is -0.0794. The second kappa shape index (κ2) is 9.25. The summed E-state index contributed by atoms with van der Waals surface area (Å²) in [6.07, 6.45) is 2.00. The van der Waals surface area contributed by atoms with Crippen LogP contribution in [-0.2, 0) is 0 Å². The first kappa shape index (κ1) is 21.0. The van der Waals surface area contributed by atoms with Crippen molar-refractivity contribution in [2.75, 3.05) is 6.54 Å². The Morgan fingerprint density at radius 3 is 2.47 bits per heavy atom. The predicted octanol–water partition coefficient (Wildman–Crippen LogP) is 7.16. The van der Waals surface area contributed by atoms with Gasteiger partial charge in [-0.05, 0) is 55.0 Å². The standard InChI is InChI=1S/C24H20Cl2N2OS/c1-2-3-12-27-24(29)16-6-10-22-20(13-16)28-23(15-4-7-17(25)8-5-15)19-14-18(26)9-11-21(19)30-22/h4-11,13-14H,2-3,12H2,1H3,(H,27,29). The van der Waals surface area contributed by atoms with E-state index in [-0.39, 0.29) is 5.91 Å². The molecule has 0 unspecified atom stereocenters. The zero-order chi connectivity index (χ0) is 21.1. The van der Waals surface area contributed by atoms with Gasteiger partial charge in [0.25, 0.3) is 5.91 Å². The molecule has 0 radical (unpaired) electrons. The molecular formula is C24H20Cl2N2OS. The van der Waals surface area contributed by atoms with Crippen molar-refractivity contribution < 1.29 is 4.79 Å². The smallest absolute Gasteiger partial charge is 0.251 e. The molecule has 1 aliphatic rings. The van der Waals surface area contributed by atoms with Gasteiger partial charge in [0, 0.05) is 43.1 Å². The summed E-state index contributed by atoms with van der Waals surface area (Å²) in [4.78, 5) is 19.6. The zero-order valence-electron chi connectivity index (χ0n) is 16.4. The van der Waals surface area contributed by atoms with Gasteiger partial charge in [0.2, 0.25) is 0 Å². The molecule has 0 atom stereocenters. The lowest BCUT2D eigenvalue weighted by Gasteiger charge is -2.10. The number of unbranched alkanes of at least 4 members (excludes halogenated alkanes) is 1. The Morgan fingerprint density at radius 2 is 1.70 bits per heavy atom. The van der Waals surface area contributed by atoms with E-state index in [1.807, 2.05) is 60.7 Å². The van der Waals surface area contributed by atoms with E-state index < -0.39 is 0 Å². The normalized spacial score (nSPS) is 12.4. The third-order valence-corrected chi connectivity index (χ3v) is 6.43. The molecule has 1 heterocycles. The maximum atomic E-state index is 12.5. The van der Waals surface area contributed by atoms with Crippen LogP contribution < -0.4 is 5.32 Å². The van der Waals surface area contributed by atoms with Gasteiger partial charge in [-0.25, -0.2) is 4.99 Å². The Morgan fingerprint density at radius 1 is 0.967 bits per heavy atom. The molecule has 0 aliphatic carbocycles. The number of carbonyl (C=O) groups excluding carboxylic acids is 1. The number of nitrogens with zero attached hydrogens (tertiary/aromatic N) is 1. The maximum absolute atomic E-state index is 12.5. The van der Waals surface area contributed by atoms with Gasteiger partial charge >= 0.3 is 0 Å². The number of rotatable bonds is 5. The highest BCUT2D eigenvalue weighted by atomic mass is 35.5. The molecule has 1 amide bonds. The number of hydrogen-bond acceptors (Lipinski definition) is 3. The van der Waals surface area contributed by atoms with Gasteiger partial charge in [0.05, 0.1) is 11.4 Å². The minimum atomic E-state index is -0.0794. The third kappa shape index (κ3) is 4.56. The predicted molar refractivity (Wildman–Crippen MR) is 126 cm³/mol. The number of nitrogens with one attached hydrogen (secondary N) is 1.